The van der Waals surface area contributed by atoms with Crippen LogP contribution in [0, 0.1) is 0 Å². The third kappa shape index (κ3) is 5.27. The molecule has 0 aliphatic carbocycles. The molecule has 1 aromatic rings. The van der Waals surface area contributed by atoms with Crippen LogP contribution in [-0.4, -0.2) is 51.1 Å². The lowest BCUT2D eigenvalue weighted by molar-refractivity contribution is 0.0956. The molecule has 0 fully saturated rings. The van der Waals surface area contributed by atoms with Crippen molar-refractivity contribution < 1.29 is 14.3 Å². The van der Waals surface area contributed by atoms with Gasteiger partial charge in [0.05, 0.1) is 0 Å². The van der Waals surface area contributed by atoms with E-state index in [4.69, 9.17) is 4.74 Å². The van der Waals surface area contributed by atoms with E-state index in [-0.39, 0.29) is 12.5 Å². The minimum absolute atomic E-state index is 0.0669. The number of carbonyl (C=O) groups is 2. The highest BCUT2D eigenvalue weighted by atomic mass is 16.5. The van der Waals surface area contributed by atoms with Crippen molar-refractivity contribution in [3.05, 3.63) is 35.4 Å². The Morgan fingerprint density at radius 2 is 1.95 bits per heavy atom. The molecule has 110 valence electrons. The van der Waals surface area contributed by atoms with Gasteiger partial charge in [0.25, 0.3) is 5.91 Å². The number of likely N-dealkylation sites (N-methyl/N-ethyl adjacent to an activating group) is 1. The maximum absolute atomic E-state index is 11.7. The van der Waals surface area contributed by atoms with Crippen LogP contribution >= 0.6 is 0 Å². The summed E-state index contributed by atoms with van der Waals surface area (Å²) in [6, 6.07) is 7.03. The maximum atomic E-state index is 11.7. The molecule has 0 bridgehead atoms. The first-order valence-electron chi connectivity index (χ1n) is 6.40. The standard InChI is InChI=1S/C14H21N3O3/c1-15-13(18)12-7-5-4-6-11(12)10-20-14(19)16-8-9-17(2)3/h4-7H,8-10H2,1-3H3,(H,15,18)(H,16,19). The van der Waals surface area contributed by atoms with Crippen LogP contribution in [0.25, 0.3) is 0 Å². The normalized spacial score (nSPS) is 10.2. The smallest absolute Gasteiger partial charge is 0.407 e. The number of ether oxygens (including phenoxy) is 1. The van der Waals surface area contributed by atoms with Crippen LogP contribution in [0.4, 0.5) is 4.79 Å². The molecule has 0 radical (unpaired) electrons. The lowest BCUT2D eigenvalue weighted by Crippen LogP contribution is -2.31. The summed E-state index contributed by atoms with van der Waals surface area (Å²) in [5.41, 5.74) is 1.19. The van der Waals surface area contributed by atoms with Crippen LogP contribution < -0.4 is 10.6 Å². The first kappa shape index (κ1) is 16.0. The second-order valence-electron chi connectivity index (χ2n) is 4.54. The van der Waals surface area contributed by atoms with E-state index in [0.29, 0.717) is 17.7 Å². The Hall–Kier alpha value is -2.08. The molecule has 0 saturated carbocycles. The Labute approximate surface area is 119 Å². The number of rotatable bonds is 6. The summed E-state index contributed by atoms with van der Waals surface area (Å²) in [5, 5.41) is 5.20. The number of amides is 2. The van der Waals surface area contributed by atoms with Gasteiger partial charge < -0.3 is 20.3 Å². The van der Waals surface area contributed by atoms with Crippen LogP contribution in [0.2, 0.25) is 0 Å². The highest BCUT2D eigenvalue weighted by Crippen LogP contribution is 2.10. The maximum Gasteiger partial charge on any atom is 0.407 e. The lowest BCUT2D eigenvalue weighted by Gasteiger charge is -2.12. The van der Waals surface area contributed by atoms with Gasteiger partial charge in [-0.05, 0) is 20.2 Å². The molecule has 2 N–H and O–H groups in total. The second kappa shape index (κ2) is 8.16. The zero-order valence-corrected chi connectivity index (χ0v) is 12.1. The lowest BCUT2D eigenvalue weighted by atomic mass is 10.1. The third-order valence-corrected chi connectivity index (χ3v) is 2.68. The van der Waals surface area contributed by atoms with Gasteiger partial charge in [-0.1, -0.05) is 18.2 Å². The molecule has 1 rings (SSSR count). The van der Waals surface area contributed by atoms with Crippen LogP contribution in [0.3, 0.4) is 0 Å². The van der Waals surface area contributed by atoms with E-state index in [1.54, 1.807) is 31.3 Å². The Balaban J connectivity index is 2.49. The van der Waals surface area contributed by atoms with Crippen LogP contribution in [0.5, 0.6) is 0 Å². The first-order chi connectivity index (χ1) is 9.54. The molecule has 0 spiro atoms. The fourth-order valence-corrected chi connectivity index (χ4v) is 1.58. The summed E-state index contributed by atoms with van der Waals surface area (Å²) in [5.74, 6) is -0.197. The molecule has 0 aliphatic heterocycles. The Kier molecular flexibility index (Phi) is 6.52. The van der Waals surface area contributed by atoms with E-state index in [9.17, 15) is 9.59 Å². The third-order valence-electron chi connectivity index (χ3n) is 2.68. The average Bonchev–Trinajstić information content (AvgIpc) is 2.44. The quantitative estimate of drug-likeness (QED) is 0.809. The minimum atomic E-state index is -0.487. The van der Waals surface area contributed by atoms with E-state index in [1.807, 2.05) is 19.0 Å². The molecule has 0 heterocycles. The zero-order chi connectivity index (χ0) is 15.0. The summed E-state index contributed by atoms with van der Waals surface area (Å²) in [7, 11) is 5.41. The van der Waals surface area contributed by atoms with Gasteiger partial charge in [0, 0.05) is 31.3 Å². The summed E-state index contributed by atoms with van der Waals surface area (Å²) in [4.78, 5) is 25.1. The van der Waals surface area contributed by atoms with Crippen LogP contribution in [0.15, 0.2) is 24.3 Å². The monoisotopic (exact) mass is 279 g/mol. The topological polar surface area (TPSA) is 70.7 Å². The van der Waals surface area contributed by atoms with Crippen molar-refractivity contribution in [2.75, 3.05) is 34.2 Å². The number of alkyl carbamates (subject to hydrolysis) is 1. The van der Waals surface area contributed by atoms with Crippen molar-refractivity contribution in [2.24, 2.45) is 0 Å². The number of carbonyl (C=O) groups excluding carboxylic acids is 2. The van der Waals surface area contributed by atoms with Gasteiger partial charge in [0.1, 0.15) is 6.61 Å². The fourth-order valence-electron chi connectivity index (χ4n) is 1.58. The van der Waals surface area contributed by atoms with E-state index >= 15 is 0 Å². The molecule has 20 heavy (non-hydrogen) atoms. The largest absolute Gasteiger partial charge is 0.445 e. The molecule has 0 aliphatic rings. The number of benzene rings is 1. The number of nitrogens with zero attached hydrogens (tertiary/aromatic N) is 1. The molecule has 6 heteroatoms. The van der Waals surface area contributed by atoms with Gasteiger partial charge in [0.15, 0.2) is 0 Å². The number of hydrogen-bond acceptors (Lipinski definition) is 4. The summed E-state index contributed by atoms with van der Waals surface area (Å²) in [6.45, 7) is 1.32. The van der Waals surface area contributed by atoms with Gasteiger partial charge >= 0.3 is 6.09 Å². The van der Waals surface area contributed by atoms with Gasteiger partial charge in [-0.2, -0.15) is 0 Å². The molecule has 2 amide bonds. The molecule has 6 nitrogen and oxygen atoms in total. The van der Waals surface area contributed by atoms with E-state index in [1.165, 1.54) is 0 Å². The van der Waals surface area contributed by atoms with E-state index in [0.717, 1.165) is 6.54 Å². The zero-order valence-electron chi connectivity index (χ0n) is 12.1. The Bertz CT molecular complexity index is 461. The highest BCUT2D eigenvalue weighted by molar-refractivity contribution is 5.95. The number of hydrogen-bond donors (Lipinski definition) is 2. The van der Waals surface area contributed by atoms with Crippen molar-refractivity contribution in [3.63, 3.8) is 0 Å². The first-order valence-corrected chi connectivity index (χ1v) is 6.40. The van der Waals surface area contributed by atoms with E-state index < -0.39 is 6.09 Å². The Morgan fingerprint density at radius 1 is 1.25 bits per heavy atom. The van der Waals surface area contributed by atoms with Crippen molar-refractivity contribution >= 4 is 12.0 Å². The Morgan fingerprint density at radius 3 is 2.60 bits per heavy atom. The fraction of sp³-hybridized carbons (Fsp3) is 0.429. The molecule has 0 unspecified atom stereocenters. The molecule has 0 saturated heterocycles. The average molecular weight is 279 g/mol. The number of nitrogens with one attached hydrogen (secondary N) is 2. The summed E-state index contributed by atoms with van der Waals surface area (Å²) < 4.78 is 5.10. The highest BCUT2D eigenvalue weighted by Gasteiger charge is 2.10. The van der Waals surface area contributed by atoms with Gasteiger partial charge in [0.2, 0.25) is 0 Å². The van der Waals surface area contributed by atoms with Crippen molar-refractivity contribution in [1.82, 2.24) is 15.5 Å². The summed E-state index contributed by atoms with van der Waals surface area (Å²) in [6.07, 6.45) is -0.487. The van der Waals surface area contributed by atoms with E-state index in [2.05, 4.69) is 10.6 Å². The predicted molar refractivity (Wildman–Crippen MR) is 76.6 cm³/mol. The SMILES string of the molecule is CNC(=O)c1ccccc1COC(=O)NCCN(C)C. The molecular formula is C14H21N3O3. The van der Waals surface area contributed by atoms with Gasteiger partial charge in [-0.15, -0.1) is 0 Å². The summed E-state index contributed by atoms with van der Waals surface area (Å²) >= 11 is 0. The second-order valence-corrected chi connectivity index (χ2v) is 4.54. The predicted octanol–water partition coefficient (Wildman–Crippen LogP) is 0.834. The minimum Gasteiger partial charge on any atom is -0.445 e. The van der Waals surface area contributed by atoms with Crippen LogP contribution in [-0.2, 0) is 11.3 Å². The van der Waals surface area contributed by atoms with Crippen molar-refractivity contribution in [1.29, 1.82) is 0 Å². The van der Waals surface area contributed by atoms with Crippen molar-refractivity contribution in [2.45, 2.75) is 6.61 Å². The molecule has 0 aromatic heterocycles. The molecular weight excluding hydrogens is 258 g/mol. The van der Waals surface area contributed by atoms with Crippen LogP contribution in [0.1, 0.15) is 15.9 Å². The van der Waals surface area contributed by atoms with Gasteiger partial charge in [-0.3, -0.25) is 4.79 Å². The van der Waals surface area contributed by atoms with Gasteiger partial charge in [-0.25, -0.2) is 4.79 Å². The molecule has 1 aromatic carbocycles. The molecule has 0 atom stereocenters. The van der Waals surface area contributed by atoms with Crippen molar-refractivity contribution in [3.8, 4) is 0 Å².